The largest absolute Gasteiger partial charge is 0.382 e. The fourth-order valence-corrected chi connectivity index (χ4v) is 2.86. The molecule has 0 atom stereocenters. The molecule has 0 unspecified atom stereocenters. The van der Waals surface area contributed by atoms with Gasteiger partial charge in [0.15, 0.2) is 9.79 Å². The standard InChI is InChI=1S/C15H12N4OS2/c16-13(11-8-22-15(21)18-11)19-14(20)12-10(6-7-17-12)9-4-2-1-3-5-9/h1-8,17H,(H,18,21)(H2,16,19,20). The molecule has 0 bridgehead atoms. The van der Waals surface area contributed by atoms with Crippen LogP contribution in [0.25, 0.3) is 11.1 Å². The summed E-state index contributed by atoms with van der Waals surface area (Å²) in [4.78, 5) is 22.1. The summed E-state index contributed by atoms with van der Waals surface area (Å²) in [6, 6.07) is 11.5. The summed E-state index contributed by atoms with van der Waals surface area (Å²) in [5, 5.41) is 1.74. The fourth-order valence-electron chi connectivity index (χ4n) is 2.04. The van der Waals surface area contributed by atoms with Crippen molar-refractivity contribution < 1.29 is 4.79 Å². The molecule has 5 nitrogen and oxygen atoms in total. The molecule has 0 fully saturated rings. The highest BCUT2D eigenvalue weighted by Crippen LogP contribution is 2.23. The molecule has 0 aliphatic rings. The van der Waals surface area contributed by atoms with Gasteiger partial charge in [-0.15, -0.1) is 11.3 Å². The Bertz CT molecular complexity index is 889. The number of aromatic nitrogens is 2. The van der Waals surface area contributed by atoms with E-state index >= 15 is 0 Å². The Morgan fingerprint density at radius 1 is 1.23 bits per heavy atom. The zero-order chi connectivity index (χ0) is 15.5. The third kappa shape index (κ3) is 2.90. The Morgan fingerprint density at radius 3 is 2.68 bits per heavy atom. The number of benzene rings is 1. The van der Waals surface area contributed by atoms with Gasteiger partial charge in [0.1, 0.15) is 5.69 Å². The second-order valence-corrected chi connectivity index (χ2v) is 6.04. The van der Waals surface area contributed by atoms with Crippen LogP contribution in [0, 0.1) is 3.95 Å². The SMILES string of the molecule is NC(=NC(=O)c1[nH]ccc1-c1ccccc1)c1csc(=S)[nH]1. The van der Waals surface area contributed by atoms with E-state index in [0.717, 1.165) is 11.1 Å². The topological polar surface area (TPSA) is 87.0 Å². The summed E-state index contributed by atoms with van der Waals surface area (Å²) in [6.07, 6.45) is 1.71. The molecule has 0 aliphatic heterocycles. The molecule has 0 radical (unpaired) electrons. The summed E-state index contributed by atoms with van der Waals surface area (Å²) in [5.74, 6) is -0.308. The number of aliphatic imine (C=N–C) groups is 1. The zero-order valence-corrected chi connectivity index (χ0v) is 13.0. The quantitative estimate of drug-likeness (QED) is 0.391. The predicted octanol–water partition coefficient (Wildman–Crippen LogP) is 3.35. The normalized spacial score (nSPS) is 11.5. The first kappa shape index (κ1) is 14.4. The van der Waals surface area contributed by atoms with E-state index in [9.17, 15) is 4.79 Å². The Labute approximate surface area is 135 Å². The number of nitrogens with one attached hydrogen (secondary N) is 2. The van der Waals surface area contributed by atoms with Gasteiger partial charge in [-0.1, -0.05) is 30.3 Å². The molecular formula is C15H12N4OS2. The first-order chi connectivity index (χ1) is 10.6. The molecule has 110 valence electrons. The number of thiazole rings is 1. The average molecular weight is 328 g/mol. The van der Waals surface area contributed by atoms with Crippen LogP contribution in [0.5, 0.6) is 0 Å². The smallest absolute Gasteiger partial charge is 0.296 e. The van der Waals surface area contributed by atoms with E-state index in [4.69, 9.17) is 18.0 Å². The van der Waals surface area contributed by atoms with Crippen molar-refractivity contribution in [2.75, 3.05) is 0 Å². The number of H-pyrrole nitrogens is 2. The Morgan fingerprint density at radius 2 is 2.00 bits per heavy atom. The van der Waals surface area contributed by atoms with Gasteiger partial charge in [0.2, 0.25) is 0 Å². The van der Waals surface area contributed by atoms with Crippen molar-refractivity contribution in [3.05, 3.63) is 63.3 Å². The van der Waals surface area contributed by atoms with E-state index < -0.39 is 5.91 Å². The summed E-state index contributed by atoms with van der Waals surface area (Å²) < 4.78 is 0.588. The number of carbonyl (C=O) groups excluding carboxylic acids is 1. The Balaban J connectivity index is 1.94. The minimum absolute atomic E-state index is 0.117. The van der Waals surface area contributed by atoms with Crippen LogP contribution in [0.4, 0.5) is 0 Å². The Kier molecular flexibility index (Phi) is 3.99. The molecule has 1 amide bonds. The number of rotatable bonds is 3. The zero-order valence-electron chi connectivity index (χ0n) is 11.4. The highest BCUT2D eigenvalue weighted by atomic mass is 32.1. The summed E-state index contributed by atoms with van der Waals surface area (Å²) >= 11 is 6.33. The third-order valence-electron chi connectivity index (χ3n) is 3.06. The van der Waals surface area contributed by atoms with Crippen molar-refractivity contribution in [1.82, 2.24) is 9.97 Å². The minimum atomic E-state index is -0.424. The number of nitrogens with zero attached hydrogens (tertiary/aromatic N) is 1. The van der Waals surface area contributed by atoms with Crippen molar-refractivity contribution in [2.24, 2.45) is 10.7 Å². The van der Waals surface area contributed by atoms with Gasteiger partial charge in [-0.05, 0) is 23.8 Å². The van der Waals surface area contributed by atoms with Crippen molar-refractivity contribution in [2.45, 2.75) is 0 Å². The number of amidine groups is 1. The Hall–Kier alpha value is -2.51. The lowest BCUT2D eigenvalue weighted by molar-refractivity contribution is 0.0999. The van der Waals surface area contributed by atoms with Gasteiger partial charge in [-0.3, -0.25) is 4.79 Å². The molecule has 3 aromatic rings. The second-order valence-electron chi connectivity index (χ2n) is 4.50. The molecule has 2 heterocycles. The van der Waals surface area contributed by atoms with Crippen LogP contribution in [0.2, 0.25) is 0 Å². The van der Waals surface area contributed by atoms with Crippen molar-refractivity contribution in [3.8, 4) is 11.1 Å². The van der Waals surface area contributed by atoms with Gasteiger partial charge in [0.25, 0.3) is 5.91 Å². The van der Waals surface area contributed by atoms with Crippen LogP contribution >= 0.6 is 23.6 Å². The summed E-state index contributed by atoms with van der Waals surface area (Å²) in [6.45, 7) is 0. The molecule has 0 saturated heterocycles. The van der Waals surface area contributed by atoms with Crippen LogP contribution in [0.3, 0.4) is 0 Å². The number of amides is 1. The molecule has 0 aliphatic carbocycles. The number of nitrogens with two attached hydrogens (primary N) is 1. The lowest BCUT2D eigenvalue weighted by Gasteiger charge is -2.01. The first-order valence-corrected chi connectivity index (χ1v) is 7.73. The van der Waals surface area contributed by atoms with Gasteiger partial charge in [-0.25, -0.2) is 0 Å². The van der Waals surface area contributed by atoms with E-state index in [1.165, 1.54) is 11.3 Å². The minimum Gasteiger partial charge on any atom is -0.382 e. The lowest BCUT2D eigenvalue weighted by Crippen LogP contribution is -2.16. The molecule has 3 rings (SSSR count). The second kappa shape index (κ2) is 6.08. The van der Waals surface area contributed by atoms with Gasteiger partial charge in [0.05, 0.1) is 5.69 Å². The molecule has 0 saturated carbocycles. The van der Waals surface area contributed by atoms with Crippen LogP contribution < -0.4 is 5.73 Å². The van der Waals surface area contributed by atoms with Crippen molar-refractivity contribution in [1.29, 1.82) is 0 Å². The number of hydrogen-bond acceptors (Lipinski definition) is 3. The fraction of sp³-hybridized carbons (Fsp3) is 0. The van der Waals surface area contributed by atoms with Gasteiger partial charge >= 0.3 is 0 Å². The predicted molar refractivity (Wildman–Crippen MR) is 90.8 cm³/mol. The first-order valence-electron chi connectivity index (χ1n) is 6.44. The lowest BCUT2D eigenvalue weighted by atomic mass is 10.1. The monoisotopic (exact) mass is 328 g/mol. The average Bonchev–Trinajstić information content (AvgIpc) is 3.16. The molecule has 22 heavy (non-hydrogen) atoms. The maximum Gasteiger partial charge on any atom is 0.296 e. The van der Waals surface area contributed by atoms with Crippen LogP contribution in [-0.2, 0) is 0 Å². The van der Waals surface area contributed by atoms with Gasteiger partial charge < -0.3 is 15.7 Å². The van der Waals surface area contributed by atoms with Gasteiger partial charge in [0, 0.05) is 17.1 Å². The highest BCUT2D eigenvalue weighted by Gasteiger charge is 2.14. The van der Waals surface area contributed by atoms with Gasteiger partial charge in [-0.2, -0.15) is 4.99 Å². The van der Waals surface area contributed by atoms with E-state index in [1.807, 2.05) is 36.4 Å². The van der Waals surface area contributed by atoms with E-state index in [2.05, 4.69) is 15.0 Å². The third-order valence-corrected chi connectivity index (χ3v) is 4.12. The van der Waals surface area contributed by atoms with E-state index in [0.29, 0.717) is 15.3 Å². The summed E-state index contributed by atoms with van der Waals surface area (Å²) in [7, 11) is 0. The molecule has 7 heteroatoms. The van der Waals surface area contributed by atoms with Crippen LogP contribution in [0.15, 0.2) is 53.0 Å². The van der Waals surface area contributed by atoms with Crippen molar-refractivity contribution in [3.63, 3.8) is 0 Å². The van der Waals surface area contributed by atoms with E-state index in [-0.39, 0.29) is 5.84 Å². The molecule has 2 aromatic heterocycles. The van der Waals surface area contributed by atoms with E-state index in [1.54, 1.807) is 11.6 Å². The van der Waals surface area contributed by atoms with Crippen molar-refractivity contribution >= 4 is 35.3 Å². The number of hydrogen-bond donors (Lipinski definition) is 3. The number of aromatic amines is 2. The summed E-state index contributed by atoms with van der Waals surface area (Å²) in [5.41, 5.74) is 8.54. The molecule has 4 N–H and O–H groups in total. The maximum absolute atomic E-state index is 12.4. The number of carbonyl (C=O) groups is 1. The molecule has 1 aromatic carbocycles. The van der Waals surface area contributed by atoms with Crippen LogP contribution in [-0.4, -0.2) is 21.7 Å². The highest BCUT2D eigenvalue weighted by molar-refractivity contribution is 7.73. The van der Waals surface area contributed by atoms with Crippen LogP contribution in [0.1, 0.15) is 16.2 Å². The molecule has 0 spiro atoms. The molecular weight excluding hydrogens is 316 g/mol. The maximum atomic E-state index is 12.4.